The Hall–Kier alpha value is -3.38. The van der Waals surface area contributed by atoms with E-state index in [-0.39, 0.29) is 10.6 Å². The van der Waals surface area contributed by atoms with Crippen molar-refractivity contribution in [2.75, 3.05) is 11.8 Å². The number of H-pyrrole nitrogens is 1. The lowest BCUT2D eigenvalue weighted by atomic mass is 10.1. The number of methoxy groups -OCH3 is 1. The van der Waals surface area contributed by atoms with Crippen LogP contribution in [0.3, 0.4) is 0 Å². The van der Waals surface area contributed by atoms with E-state index in [0.29, 0.717) is 22.2 Å². The molecule has 2 N–H and O–H groups in total. The maximum atomic E-state index is 12.6. The average molecular weight is 370 g/mol. The van der Waals surface area contributed by atoms with Gasteiger partial charge in [0, 0.05) is 17.8 Å². The molecule has 3 rings (SSSR count). The Morgan fingerprint density at radius 3 is 2.69 bits per heavy atom. The maximum absolute atomic E-state index is 12.6. The van der Waals surface area contributed by atoms with E-state index < -0.39 is 16.0 Å². The Labute approximate surface area is 149 Å². The van der Waals surface area contributed by atoms with Gasteiger partial charge < -0.3 is 9.72 Å². The number of ether oxygens (including phenoxy) is 1. The predicted octanol–water partition coefficient (Wildman–Crippen LogP) is 2.33. The first kappa shape index (κ1) is 17.4. The molecule has 0 aliphatic carbocycles. The minimum atomic E-state index is -3.93. The Kier molecular flexibility index (Phi) is 4.36. The normalized spacial score (nSPS) is 11.1. The second kappa shape index (κ2) is 6.50. The molecule has 0 spiro atoms. The highest BCUT2D eigenvalue weighted by Gasteiger charge is 2.19. The molecule has 9 heteroatoms. The fourth-order valence-electron chi connectivity index (χ4n) is 2.56. The van der Waals surface area contributed by atoms with Gasteiger partial charge in [0.05, 0.1) is 23.9 Å². The number of carbonyl (C=O) groups excluding carboxylic acids is 1. The van der Waals surface area contributed by atoms with Gasteiger partial charge in [-0.2, -0.15) is 5.26 Å². The Bertz CT molecular complexity index is 1140. The number of carbonyl (C=O) groups is 1. The molecule has 0 atom stereocenters. The van der Waals surface area contributed by atoms with Crippen molar-refractivity contribution >= 4 is 32.6 Å². The van der Waals surface area contributed by atoms with Crippen LogP contribution in [0, 0.1) is 18.3 Å². The van der Waals surface area contributed by atoms with Crippen molar-refractivity contribution in [1.29, 1.82) is 5.26 Å². The van der Waals surface area contributed by atoms with Gasteiger partial charge in [0.2, 0.25) is 0 Å². The van der Waals surface area contributed by atoms with Gasteiger partial charge in [0.1, 0.15) is 16.7 Å². The number of benzene rings is 1. The van der Waals surface area contributed by atoms with E-state index in [1.165, 1.54) is 25.4 Å². The summed E-state index contributed by atoms with van der Waals surface area (Å²) in [6, 6.07) is 7.95. The first-order valence-corrected chi connectivity index (χ1v) is 8.93. The molecule has 2 heterocycles. The van der Waals surface area contributed by atoms with Crippen LogP contribution in [0.5, 0.6) is 0 Å². The summed E-state index contributed by atoms with van der Waals surface area (Å²) in [6.07, 6.45) is 2.61. The fraction of sp³-hybridized carbons (Fsp3) is 0.118. The van der Waals surface area contributed by atoms with E-state index >= 15 is 0 Å². The highest BCUT2D eigenvalue weighted by Crippen LogP contribution is 2.29. The van der Waals surface area contributed by atoms with E-state index in [4.69, 9.17) is 0 Å². The largest absolute Gasteiger partial charge is 0.464 e. The van der Waals surface area contributed by atoms with Crippen molar-refractivity contribution in [3.63, 3.8) is 0 Å². The lowest BCUT2D eigenvalue weighted by molar-refractivity contribution is 0.0594. The number of anilines is 1. The molecule has 0 aliphatic heterocycles. The van der Waals surface area contributed by atoms with Crippen molar-refractivity contribution in [3.05, 3.63) is 53.5 Å². The molecule has 0 fully saturated rings. The van der Waals surface area contributed by atoms with Crippen LogP contribution in [-0.4, -0.2) is 31.5 Å². The Morgan fingerprint density at radius 1 is 1.31 bits per heavy atom. The molecule has 0 unspecified atom stereocenters. The van der Waals surface area contributed by atoms with Crippen LogP contribution in [0.4, 0.5) is 5.69 Å². The highest BCUT2D eigenvalue weighted by atomic mass is 32.2. The minimum Gasteiger partial charge on any atom is -0.464 e. The van der Waals surface area contributed by atoms with Gasteiger partial charge in [-0.1, -0.05) is 6.07 Å². The molecule has 1 aromatic carbocycles. The number of hydrogen-bond donors (Lipinski definition) is 2. The van der Waals surface area contributed by atoms with Gasteiger partial charge in [-0.15, -0.1) is 0 Å². The quantitative estimate of drug-likeness (QED) is 0.679. The van der Waals surface area contributed by atoms with Crippen LogP contribution < -0.4 is 4.72 Å². The number of nitrogens with one attached hydrogen (secondary N) is 2. The highest BCUT2D eigenvalue weighted by molar-refractivity contribution is 7.92. The molecule has 0 saturated heterocycles. The zero-order chi connectivity index (χ0) is 18.9. The molecule has 132 valence electrons. The third kappa shape index (κ3) is 2.98. The van der Waals surface area contributed by atoms with Gasteiger partial charge >= 0.3 is 5.97 Å². The Morgan fingerprint density at radius 2 is 2.08 bits per heavy atom. The third-order valence-electron chi connectivity index (χ3n) is 3.85. The predicted molar refractivity (Wildman–Crippen MR) is 94.1 cm³/mol. The van der Waals surface area contributed by atoms with Gasteiger partial charge in [-0.3, -0.25) is 4.72 Å². The van der Waals surface area contributed by atoms with E-state index in [1.807, 2.05) is 6.92 Å². The number of esters is 1. The molecule has 2 aromatic heterocycles. The molecule has 26 heavy (non-hydrogen) atoms. The van der Waals surface area contributed by atoms with E-state index in [1.54, 1.807) is 12.1 Å². The van der Waals surface area contributed by atoms with Crippen LogP contribution in [-0.2, 0) is 14.8 Å². The number of aryl methyl sites for hydroxylation is 1. The third-order valence-corrected chi connectivity index (χ3v) is 5.20. The standard InChI is InChI=1S/C17H14N4O4S/c1-10-3-5-13(16-15(10)11(7-18)8-20-16)21-26(23,24)12-4-6-14(19-9-12)17(22)25-2/h3-6,8-9,20-21H,1-2H3. The molecular formula is C17H14N4O4S. The number of hydrogen-bond acceptors (Lipinski definition) is 6. The van der Waals surface area contributed by atoms with Crippen LogP contribution >= 0.6 is 0 Å². The van der Waals surface area contributed by atoms with Gasteiger partial charge in [0.25, 0.3) is 10.0 Å². The zero-order valence-corrected chi connectivity index (χ0v) is 14.7. The summed E-state index contributed by atoms with van der Waals surface area (Å²) in [5.74, 6) is -0.655. The van der Waals surface area contributed by atoms with E-state index in [0.717, 1.165) is 11.8 Å². The van der Waals surface area contributed by atoms with Crippen molar-refractivity contribution in [1.82, 2.24) is 9.97 Å². The molecule has 0 aliphatic rings. The van der Waals surface area contributed by atoms with Crippen molar-refractivity contribution in [3.8, 4) is 6.07 Å². The lowest BCUT2D eigenvalue weighted by Crippen LogP contribution is -2.14. The summed E-state index contributed by atoms with van der Waals surface area (Å²) >= 11 is 0. The summed E-state index contributed by atoms with van der Waals surface area (Å²) in [5.41, 5.74) is 2.12. The summed E-state index contributed by atoms with van der Waals surface area (Å²) in [7, 11) is -2.72. The molecule has 0 amide bonds. The van der Waals surface area contributed by atoms with Gasteiger partial charge in [-0.25, -0.2) is 18.2 Å². The summed E-state index contributed by atoms with van der Waals surface area (Å²) in [5, 5.41) is 9.85. The zero-order valence-electron chi connectivity index (χ0n) is 13.9. The van der Waals surface area contributed by atoms with Crippen LogP contribution in [0.15, 0.2) is 41.6 Å². The maximum Gasteiger partial charge on any atom is 0.356 e. The lowest BCUT2D eigenvalue weighted by Gasteiger charge is -2.10. The van der Waals surface area contributed by atoms with E-state index in [2.05, 4.69) is 25.5 Å². The van der Waals surface area contributed by atoms with E-state index in [9.17, 15) is 18.5 Å². The molecular weight excluding hydrogens is 356 g/mol. The van der Waals surface area contributed by atoms with Crippen molar-refractivity contribution in [2.24, 2.45) is 0 Å². The number of rotatable bonds is 4. The number of aromatic nitrogens is 2. The number of nitrogens with zero attached hydrogens (tertiary/aromatic N) is 2. The molecule has 0 radical (unpaired) electrons. The Balaban J connectivity index is 1.99. The second-order valence-corrected chi connectivity index (χ2v) is 7.15. The summed E-state index contributed by atoms with van der Waals surface area (Å²) in [4.78, 5) is 18.0. The summed E-state index contributed by atoms with van der Waals surface area (Å²) < 4.78 is 32.2. The second-order valence-electron chi connectivity index (χ2n) is 5.47. The monoisotopic (exact) mass is 370 g/mol. The number of nitriles is 1. The van der Waals surface area contributed by atoms with Crippen LogP contribution in [0.2, 0.25) is 0 Å². The van der Waals surface area contributed by atoms with Crippen molar-refractivity contribution < 1.29 is 17.9 Å². The van der Waals surface area contributed by atoms with Crippen molar-refractivity contribution in [2.45, 2.75) is 11.8 Å². The number of aromatic amines is 1. The molecule has 8 nitrogen and oxygen atoms in total. The summed E-state index contributed by atoms with van der Waals surface area (Å²) in [6.45, 7) is 1.84. The number of pyridine rings is 1. The smallest absolute Gasteiger partial charge is 0.356 e. The average Bonchev–Trinajstić information content (AvgIpc) is 3.09. The first-order chi connectivity index (χ1) is 12.4. The van der Waals surface area contributed by atoms with Crippen LogP contribution in [0.1, 0.15) is 21.6 Å². The van der Waals surface area contributed by atoms with Gasteiger partial charge in [-0.05, 0) is 30.7 Å². The number of sulfonamides is 1. The first-order valence-electron chi connectivity index (χ1n) is 7.45. The topological polar surface area (TPSA) is 125 Å². The molecule has 0 bridgehead atoms. The van der Waals surface area contributed by atoms with Gasteiger partial charge in [0.15, 0.2) is 0 Å². The molecule has 3 aromatic rings. The van der Waals surface area contributed by atoms with Crippen LogP contribution in [0.25, 0.3) is 10.9 Å². The number of fused-ring (bicyclic) bond motifs is 1. The minimum absolute atomic E-state index is 0.00667. The fourth-order valence-corrected chi connectivity index (χ4v) is 3.58. The SMILES string of the molecule is COC(=O)c1ccc(S(=O)(=O)Nc2ccc(C)c3c(C#N)c[nH]c23)cn1. The molecule has 0 saturated carbocycles.